The van der Waals surface area contributed by atoms with Crippen molar-refractivity contribution >= 4 is 11.5 Å². The molecule has 0 amide bonds. The van der Waals surface area contributed by atoms with Gasteiger partial charge in [-0.3, -0.25) is 10.1 Å². The molecule has 2 rings (SSSR count). The quantitative estimate of drug-likeness (QED) is 0.488. The van der Waals surface area contributed by atoms with Gasteiger partial charge in [0.2, 0.25) is 0 Å². The number of hydrazine groups is 1. The number of nitro groups is 1. The Morgan fingerprint density at radius 1 is 1.55 bits per heavy atom. The smallest absolute Gasteiger partial charge is 0.331 e. The van der Waals surface area contributed by atoms with Crippen molar-refractivity contribution in [1.82, 2.24) is 4.98 Å². The van der Waals surface area contributed by atoms with Crippen LogP contribution in [0.2, 0.25) is 0 Å². The third-order valence-electron chi connectivity index (χ3n) is 3.78. The minimum absolute atomic E-state index is 0.00655. The van der Waals surface area contributed by atoms with E-state index >= 15 is 0 Å². The molecule has 0 bridgehead atoms. The van der Waals surface area contributed by atoms with Gasteiger partial charge in [-0.25, -0.2) is 5.84 Å². The maximum atomic E-state index is 11.0. The molecule has 1 aliphatic carbocycles. The Labute approximate surface area is 117 Å². The molecule has 0 aromatic carbocycles. The second-order valence-electron chi connectivity index (χ2n) is 5.10. The Hall–Kier alpha value is -1.89. The molecule has 1 fully saturated rings. The molecule has 2 atom stereocenters. The molecular weight excluding hydrogens is 260 g/mol. The molecule has 7 heteroatoms. The van der Waals surface area contributed by atoms with Gasteiger partial charge in [-0.1, -0.05) is 19.8 Å². The highest BCUT2D eigenvalue weighted by atomic mass is 16.6. The summed E-state index contributed by atoms with van der Waals surface area (Å²) in [5, 5.41) is 11.0. The van der Waals surface area contributed by atoms with E-state index in [1.54, 1.807) is 0 Å². The Kier molecular flexibility index (Phi) is 4.73. The van der Waals surface area contributed by atoms with E-state index in [2.05, 4.69) is 17.3 Å². The summed E-state index contributed by atoms with van der Waals surface area (Å²) in [5.41, 5.74) is 2.25. The molecule has 2 unspecified atom stereocenters. The number of hydrogen-bond donors (Lipinski definition) is 2. The zero-order valence-corrected chi connectivity index (χ0v) is 11.5. The average molecular weight is 280 g/mol. The monoisotopic (exact) mass is 280 g/mol. The first-order valence-electron chi connectivity index (χ1n) is 6.92. The second-order valence-corrected chi connectivity index (χ2v) is 5.10. The van der Waals surface area contributed by atoms with Gasteiger partial charge < -0.3 is 10.2 Å². The van der Waals surface area contributed by atoms with Crippen molar-refractivity contribution in [3.8, 4) is 5.88 Å². The van der Waals surface area contributed by atoms with Gasteiger partial charge in [0.25, 0.3) is 5.88 Å². The Balaban J connectivity index is 2.16. The number of nitrogens with zero attached hydrogens (tertiary/aromatic N) is 2. The van der Waals surface area contributed by atoms with E-state index in [1.165, 1.54) is 18.6 Å². The minimum atomic E-state index is -0.483. The summed E-state index contributed by atoms with van der Waals surface area (Å²) >= 11 is 0. The maximum absolute atomic E-state index is 11.0. The van der Waals surface area contributed by atoms with Crippen molar-refractivity contribution in [2.75, 3.05) is 5.43 Å². The Morgan fingerprint density at radius 2 is 2.35 bits per heavy atom. The third kappa shape index (κ3) is 3.36. The number of nitrogens with one attached hydrogen (secondary N) is 1. The van der Waals surface area contributed by atoms with Crippen LogP contribution in [0.25, 0.3) is 0 Å². The Bertz CT molecular complexity index is 481. The van der Waals surface area contributed by atoms with Crippen LogP contribution in [-0.4, -0.2) is 16.0 Å². The zero-order chi connectivity index (χ0) is 14.5. The Morgan fingerprint density at radius 3 is 3.00 bits per heavy atom. The van der Waals surface area contributed by atoms with Crippen LogP contribution in [0.5, 0.6) is 5.88 Å². The largest absolute Gasteiger partial charge is 0.469 e. The number of rotatable bonds is 5. The van der Waals surface area contributed by atoms with Crippen LogP contribution < -0.4 is 16.0 Å². The molecule has 1 heterocycles. The number of ether oxygens (including phenoxy) is 1. The first-order chi connectivity index (χ1) is 9.63. The number of hydrogen-bond acceptors (Lipinski definition) is 6. The molecule has 0 aliphatic heterocycles. The molecule has 1 aliphatic rings. The van der Waals surface area contributed by atoms with Gasteiger partial charge in [-0.15, -0.1) is 0 Å². The van der Waals surface area contributed by atoms with Crippen LogP contribution >= 0.6 is 0 Å². The lowest BCUT2D eigenvalue weighted by atomic mass is 9.85. The first-order valence-corrected chi connectivity index (χ1v) is 6.92. The van der Waals surface area contributed by atoms with E-state index in [1.807, 2.05) is 0 Å². The summed E-state index contributed by atoms with van der Waals surface area (Å²) in [6.45, 7) is 2.16. The summed E-state index contributed by atoms with van der Waals surface area (Å²) in [7, 11) is 0. The van der Waals surface area contributed by atoms with Crippen LogP contribution in [0.4, 0.5) is 11.5 Å². The van der Waals surface area contributed by atoms with Gasteiger partial charge in [0.1, 0.15) is 11.9 Å². The average Bonchev–Trinajstić information content (AvgIpc) is 2.47. The van der Waals surface area contributed by atoms with E-state index in [9.17, 15) is 10.1 Å². The molecular formula is C13H20N4O3. The number of aromatic nitrogens is 1. The molecule has 0 saturated heterocycles. The fourth-order valence-corrected chi connectivity index (χ4v) is 2.62. The lowest BCUT2D eigenvalue weighted by Crippen LogP contribution is -2.26. The van der Waals surface area contributed by atoms with Crippen LogP contribution in [0.3, 0.4) is 0 Å². The predicted molar refractivity (Wildman–Crippen MR) is 75.4 cm³/mol. The van der Waals surface area contributed by atoms with Crippen LogP contribution in [0.1, 0.15) is 39.0 Å². The van der Waals surface area contributed by atoms with Gasteiger partial charge in [-0.05, 0) is 31.2 Å². The maximum Gasteiger partial charge on any atom is 0.331 e. The number of nitrogens with two attached hydrogens (primary N) is 1. The highest BCUT2D eigenvalue weighted by molar-refractivity contribution is 5.48. The molecule has 20 heavy (non-hydrogen) atoms. The molecule has 1 aromatic rings. The van der Waals surface area contributed by atoms with E-state index in [0.717, 1.165) is 25.7 Å². The summed E-state index contributed by atoms with van der Waals surface area (Å²) in [6.07, 6.45) is 5.24. The van der Waals surface area contributed by atoms with E-state index in [4.69, 9.17) is 10.6 Å². The molecule has 0 radical (unpaired) electrons. The van der Waals surface area contributed by atoms with Crippen molar-refractivity contribution in [1.29, 1.82) is 0 Å². The molecule has 110 valence electrons. The molecule has 3 N–H and O–H groups in total. The summed E-state index contributed by atoms with van der Waals surface area (Å²) in [5.74, 6) is 6.32. The highest BCUT2D eigenvalue weighted by Gasteiger charge is 2.26. The summed E-state index contributed by atoms with van der Waals surface area (Å²) in [6, 6.07) is 2.82. The van der Waals surface area contributed by atoms with E-state index in [-0.39, 0.29) is 17.7 Å². The van der Waals surface area contributed by atoms with Gasteiger partial charge in [-0.2, -0.15) is 4.98 Å². The SMILES string of the molecule is CCC1CCCC(Oc2nc(NN)ccc2[N+](=O)[O-])C1. The lowest BCUT2D eigenvalue weighted by Gasteiger charge is -2.28. The molecule has 1 aromatic heterocycles. The highest BCUT2D eigenvalue weighted by Crippen LogP contribution is 2.33. The number of anilines is 1. The normalized spacial score (nSPS) is 22.3. The van der Waals surface area contributed by atoms with Gasteiger partial charge in [0.15, 0.2) is 0 Å². The van der Waals surface area contributed by atoms with Gasteiger partial charge in [0.05, 0.1) is 4.92 Å². The molecule has 0 spiro atoms. The molecule has 1 saturated carbocycles. The van der Waals surface area contributed by atoms with Gasteiger partial charge in [0, 0.05) is 6.07 Å². The molecule has 7 nitrogen and oxygen atoms in total. The van der Waals surface area contributed by atoms with E-state index in [0.29, 0.717) is 11.7 Å². The zero-order valence-electron chi connectivity index (χ0n) is 11.5. The minimum Gasteiger partial charge on any atom is -0.469 e. The van der Waals surface area contributed by atoms with Crippen LogP contribution in [0, 0.1) is 16.0 Å². The second kappa shape index (κ2) is 6.51. The third-order valence-corrected chi connectivity index (χ3v) is 3.78. The number of nitrogen functional groups attached to an aromatic ring is 1. The summed E-state index contributed by atoms with van der Waals surface area (Å²) in [4.78, 5) is 14.6. The topological polar surface area (TPSA) is 103 Å². The lowest BCUT2D eigenvalue weighted by molar-refractivity contribution is -0.386. The van der Waals surface area contributed by atoms with E-state index < -0.39 is 4.92 Å². The first kappa shape index (κ1) is 14.5. The van der Waals surface area contributed by atoms with Crippen LogP contribution in [0.15, 0.2) is 12.1 Å². The standard InChI is InChI=1S/C13H20N4O3/c1-2-9-4-3-5-10(8-9)20-13-11(17(18)19)6-7-12(15-13)16-14/h6-7,9-10H,2-5,8,14H2,1H3,(H,15,16). The van der Waals surface area contributed by atoms with Crippen molar-refractivity contribution in [2.24, 2.45) is 11.8 Å². The fourth-order valence-electron chi connectivity index (χ4n) is 2.62. The van der Waals surface area contributed by atoms with Crippen molar-refractivity contribution in [2.45, 2.75) is 45.1 Å². The van der Waals surface area contributed by atoms with Crippen molar-refractivity contribution in [3.05, 3.63) is 22.2 Å². The summed E-state index contributed by atoms with van der Waals surface area (Å²) < 4.78 is 5.77. The van der Waals surface area contributed by atoms with Crippen LogP contribution in [-0.2, 0) is 0 Å². The fraction of sp³-hybridized carbons (Fsp3) is 0.615. The number of pyridine rings is 1. The predicted octanol–water partition coefficient (Wildman–Crippen LogP) is 2.62. The van der Waals surface area contributed by atoms with Gasteiger partial charge >= 0.3 is 5.69 Å². The van der Waals surface area contributed by atoms with Crippen molar-refractivity contribution < 1.29 is 9.66 Å². The van der Waals surface area contributed by atoms with Crippen molar-refractivity contribution in [3.63, 3.8) is 0 Å².